The van der Waals surface area contributed by atoms with Gasteiger partial charge in [0.25, 0.3) is 5.91 Å². The third-order valence-corrected chi connectivity index (χ3v) is 3.84. The van der Waals surface area contributed by atoms with E-state index in [1.54, 1.807) is 25.1 Å². The van der Waals surface area contributed by atoms with Gasteiger partial charge in [0.1, 0.15) is 5.82 Å². The van der Waals surface area contributed by atoms with E-state index in [-0.39, 0.29) is 23.9 Å². The van der Waals surface area contributed by atoms with Crippen molar-refractivity contribution in [3.63, 3.8) is 0 Å². The first-order valence-electron chi connectivity index (χ1n) is 8.12. The van der Waals surface area contributed by atoms with Gasteiger partial charge < -0.3 is 16.4 Å². The molecular formula is C19H22FN3O2. The van der Waals surface area contributed by atoms with E-state index in [1.165, 1.54) is 6.07 Å². The monoisotopic (exact) mass is 343 g/mol. The Balaban J connectivity index is 1.68. The smallest absolute Gasteiger partial charge is 0.251 e. The second-order valence-corrected chi connectivity index (χ2v) is 5.77. The van der Waals surface area contributed by atoms with Gasteiger partial charge in [-0.3, -0.25) is 9.59 Å². The van der Waals surface area contributed by atoms with Gasteiger partial charge in [-0.15, -0.1) is 0 Å². The quantitative estimate of drug-likeness (QED) is 0.532. The number of aryl methyl sites for hydroxylation is 2. The maximum atomic E-state index is 13.4. The molecule has 0 spiro atoms. The number of para-hydroxylation sites is 1. The lowest BCUT2D eigenvalue weighted by atomic mass is 10.1. The standard InChI is InChI=1S/C19H22FN3O2/c1-13-6-7-15(12-16(13)20)19(25)23-11-10-22-18(24)9-8-14-4-2-3-5-17(14)21/h2-7,12H,8-11,21H2,1H3,(H,22,24)(H,23,25). The molecule has 132 valence electrons. The molecule has 0 heterocycles. The zero-order chi connectivity index (χ0) is 18.2. The summed E-state index contributed by atoms with van der Waals surface area (Å²) in [6.45, 7) is 2.21. The summed E-state index contributed by atoms with van der Waals surface area (Å²) in [6.07, 6.45) is 0.888. The van der Waals surface area contributed by atoms with Crippen molar-refractivity contribution in [2.24, 2.45) is 0 Å². The first-order valence-corrected chi connectivity index (χ1v) is 8.12. The van der Waals surface area contributed by atoms with Crippen molar-refractivity contribution in [3.8, 4) is 0 Å². The van der Waals surface area contributed by atoms with Crippen molar-refractivity contribution in [2.75, 3.05) is 18.8 Å². The van der Waals surface area contributed by atoms with Crippen molar-refractivity contribution >= 4 is 17.5 Å². The molecule has 0 unspecified atom stereocenters. The van der Waals surface area contributed by atoms with Gasteiger partial charge >= 0.3 is 0 Å². The van der Waals surface area contributed by atoms with Crippen LogP contribution in [0.15, 0.2) is 42.5 Å². The van der Waals surface area contributed by atoms with Crippen molar-refractivity contribution in [2.45, 2.75) is 19.8 Å². The highest BCUT2D eigenvalue weighted by molar-refractivity contribution is 5.94. The Kier molecular flexibility index (Phi) is 6.51. The number of hydrogen-bond acceptors (Lipinski definition) is 3. The van der Waals surface area contributed by atoms with Crippen LogP contribution in [0.2, 0.25) is 0 Å². The van der Waals surface area contributed by atoms with Gasteiger partial charge in [-0.2, -0.15) is 0 Å². The predicted molar refractivity (Wildman–Crippen MR) is 95.7 cm³/mol. The van der Waals surface area contributed by atoms with E-state index in [1.807, 2.05) is 18.2 Å². The van der Waals surface area contributed by atoms with E-state index in [9.17, 15) is 14.0 Å². The molecule has 0 bridgehead atoms. The third-order valence-electron chi connectivity index (χ3n) is 3.84. The third kappa shape index (κ3) is 5.60. The minimum Gasteiger partial charge on any atom is -0.399 e. The van der Waals surface area contributed by atoms with Gasteiger partial charge in [-0.25, -0.2) is 4.39 Å². The summed E-state index contributed by atoms with van der Waals surface area (Å²) >= 11 is 0. The number of halogens is 1. The Morgan fingerprint density at radius 3 is 2.52 bits per heavy atom. The van der Waals surface area contributed by atoms with Crippen LogP contribution in [0.3, 0.4) is 0 Å². The molecule has 0 saturated carbocycles. The molecule has 5 nitrogen and oxygen atoms in total. The average Bonchev–Trinajstić information content (AvgIpc) is 2.60. The fourth-order valence-electron chi connectivity index (χ4n) is 2.31. The summed E-state index contributed by atoms with van der Waals surface area (Å²) in [7, 11) is 0. The summed E-state index contributed by atoms with van der Waals surface area (Å²) < 4.78 is 13.4. The Labute approximate surface area is 146 Å². The van der Waals surface area contributed by atoms with Crippen LogP contribution in [0.5, 0.6) is 0 Å². The Hall–Kier alpha value is -2.89. The minimum absolute atomic E-state index is 0.112. The van der Waals surface area contributed by atoms with Gasteiger partial charge in [0.15, 0.2) is 0 Å². The number of hydrogen-bond donors (Lipinski definition) is 3. The van der Waals surface area contributed by atoms with E-state index in [0.29, 0.717) is 30.6 Å². The summed E-state index contributed by atoms with van der Waals surface area (Å²) in [6, 6.07) is 11.8. The number of carbonyl (C=O) groups excluding carboxylic acids is 2. The normalized spacial score (nSPS) is 10.3. The van der Waals surface area contributed by atoms with Crippen LogP contribution in [-0.4, -0.2) is 24.9 Å². The number of amides is 2. The number of rotatable bonds is 7. The lowest BCUT2D eigenvalue weighted by Crippen LogP contribution is -2.34. The van der Waals surface area contributed by atoms with Gasteiger partial charge in [0.2, 0.25) is 5.91 Å². The van der Waals surface area contributed by atoms with Crippen LogP contribution < -0.4 is 16.4 Å². The highest BCUT2D eigenvalue weighted by atomic mass is 19.1. The highest BCUT2D eigenvalue weighted by Gasteiger charge is 2.08. The summed E-state index contributed by atoms with van der Waals surface area (Å²) in [5.74, 6) is -0.898. The SMILES string of the molecule is Cc1ccc(C(=O)NCCNC(=O)CCc2ccccc2N)cc1F. The van der Waals surface area contributed by atoms with Gasteiger partial charge in [0.05, 0.1) is 0 Å². The lowest BCUT2D eigenvalue weighted by molar-refractivity contribution is -0.121. The molecule has 2 amide bonds. The van der Waals surface area contributed by atoms with Crippen LogP contribution in [0, 0.1) is 12.7 Å². The van der Waals surface area contributed by atoms with Crippen molar-refractivity contribution in [1.82, 2.24) is 10.6 Å². The van der Waals surface area contributed by atoms with E-state index in [4.69, 9.17) is 5.73 Å². The molecule has 0 fully saturated rings. The van der Waals surface area contributed by atoms with Crippen LogP contribution in [0.25, 0.3) is 0 Å². The molecule has 0 radical (unpaired) electrons. The second kappa shape index (κ2) is 8.82. The molecule has 0 aromatic heterocycles. The van der Waals surface area contributed by atoms with Gasteiger partial charge in [-0.1, -0.05) is 24.3 Å². The Morgan fingerprint density at radius 2 is 1.80 bits per heavy atom. The molecular weight excluding hydrogens is 321 g/mol. The lowest BCUT2D eigenvalue weighted by Gasteiger charge is -2.08. The van der Waals surface area contributed by atoms with E-state index in [0.717, 1.165) is 5.56 Å². The molecule has 4 N–H and O–H groups in total. The molecule has 6 heteroatoms. The highest BCUT2D eigenvalue weighted by Crippen LogP contribution is 2.12. The number of benzene rings is 2. The number of nitrogens with one attached hydrogen (secondary N) is 2. The van der Waals surface area contributed by atoms with Crippen molar-refractivity contribution in [1.29, 1.82) is 0 Å². The van der Waals surface area contributed by atoms with Gasteiger partial charge in [0, 0.05) is 30.8 Å². The van der Waals surface area contributed by atoms with E-state index >= 15 is 0 Å². The van der Waals surface area contributed by atoms with Crippen LogP contribution >= 0.6 is 0 Å². The fraction of sp³-hybridized carbons (Fsp3) is 0.263. The topological polar surface area (TPSA) is 84.2 Å². The van der Waals surface area contributed by atoms with E-state index in [2.05, 4.69) is 10.6 Å². The largest absolute Gasteiger partial charge is 0.399 e. The molecule has 2 aromatic carbocycles. The summed E-state index contributed by atoms with van der Waals surface area (Å²) in [5, 5.41) is 5.37. The molecule has 0 aliphatic carbocycles. The molecule has 2 rings (SSSR count). The molecule has 0 atom stereocenters. The van der Waals surface area contributed by atoms with Crippen molar-refractivity contribution < 1.29 is 14.0 Å². The first-order chi connectivity index (χ1) is 12.0. The van der Waals surface area contributed by atoms with Crippen LogP contribution in [-0.2, 0) is 11.2 Å². The number of carbonyl (C=O) groups is 2. The van der Waals surface area contributed by atoms with Gasteiger partial charge in [-0.05, 0) is 42.7 Å². The predicted octanol–water partition coefficient (Wildman–Crippen LogP) is 2.20. The zero-order valence-corrected chi connectivity index (χ0v) is 14.1. The Bertz CT molecular complexity index is 762. The average molecular weight is 343 g/mol. The zero-order valence-electron chi connectivity index (χ0n) is 14.1. The number of nitrogens with two attached hydrogens (primary N) is 1. The van der Waals surface area contributed by atoms with Crippen LogP contribution in [0.4, 0.5) is 10.1 Å². The van der Waals surface area contributed by atoms with Crippen LogP contribution in [0.1, 0.15) is 27.9 Å². The summed E-state index contributed by atoms with van der Waals surface area (Å²) in [4.78, 5) is 23.7. The minimum atomic E-state index is -0.416. The number of anilines is 1. The number of nitrogen functional groups attached to an aromatic ring is 1. The summed E-state index contributed by atoms with van der Waals surface area (Å²) in [5.41, 5.74) is 8.19. The molecule has 25 heavy (non-hydrogen) atoms. The van der Waals surface area contributed by atoms with Crippen molar-refractivity contribution in [3.05, 3.63) is 65.0 Å². The van der Waals surface area contributed by atoms with E-state index < -0.39 is 5.82 Å². The molecule has 0 saturated heterocycles. The maximum absolute atomic E-state index is 13.4. The molecule has 0 aliphatic heterocycles. The molecule has 0 aliphatic rings. The molecule has 2 aromatic rings. The maximum Gasteiger partial charge on any atom is 0.251 e. The second-order valence-electron chi connectivity index (χ2n) is 5.77. The first kappa shape index (κ1) is 18.4. The Morgan fingerprint density at radius 1 is 1.08 bits per heavy atom. The fourth-order valence-corrected chi connectivity index (χ4v) is 2.31.